The minimum atomic E-state index is -0.509. The van der Waals surface area contributed by atoms with Crippen molar-refractivity contribution >= 4 is 12.0 Å². The third kappa shape index (κ3) is 4.33. The molecule has 27 heavy (non-hydrogen) atoms. The molecular weight excluding hydrogens is 342 g/mol. The molecule has 2 aliphatic rings. The summed E-state index contributed by atoms with van der Waals surface area (Å²) in [4.78, 5) is 27.3. The molecule has 1 aromatic carbocycles. The number of amides is 2. The molecule has 1 atom stereocenters. The van der Waals surface area contributed by atoms with Crippen LogP contribution < -0.4 is 10.6 Å². The van der Waals surface area contributed by atoms with Gasteiger partial charge in [-0.2, -0.15) is 0 Å². The maximum absolute atomic E-state index is 12.7. The molecule has 2 N–H and O–H groups in total. The highest BCUT2D eigenvalue weighted by atomic mass is 16.5. The van der Waals surface area contributed by atoms with Gasteiger partial charge in [-0.15, -0.1) is 0 Å². The van der Waals surface area contributed by atoms with Crippen molar-refractivity contribution in [1.82, 2.24) is 15.5 Å². The Morgan fingerprint density at radius 3 is 2.63 bits per heavy atom. The number of methoxy groups -OCH3 is 1. The average molecular weight is 371 g/mol. The average Bonchev–Trinajstić information content (AvgIpc) is 2.64. The van der Waals surface area contributed by atoms with Gasteiger partial charge < -0.3 is 15.4 Å². The first-order chi connectivity index (χ1) is 12.9. The molecule has 6 heteroatoms. The van der Waals surface area contributed by atoms with Crippen LogP contribution in [0, 0.1) is 19.8 Å². The summed E-state index contributed by atoms with van der Waals surface area (Å²) in [6.07, 6.45) is 2.26. The first-order valence-corrected chi connectivity index (χ1v) is 9.57. The van der Waals surface area contributed by atoms with Gasteiger partial charge in [-0.25, -0.2) is 9.59 Å². The van der Waals surface area contributed by atoms with Crippen LogP contribution in [0.25, 0.3) is 0 Å². The highest BCUT2D eigenvalue weighted by Gasteiger charge is 2.35. The fourth-order valence-electron chi connectivity index (χ4n) is 3.84. The van der Waals surface area contributed by atoms with Crippen molar-refractivity contribution in [3.63, 3.8) is 0 Å². The molecule has 0 unspecified atom stereocenters. The number of nitrogens with one attached hydrogen (secondary N) is 2. The lowest BCUT2D eigenvalue weighted by molar-refractivity contribution is -0.136. The molecule has 146 valence electrons. The van der Waals surface area contributed by atoms with E-state index in [1.807, 2.05) is 32.0 Å². The van der Waals surface area contributed by atoms with Crippen molar-refractivity contribution in [2.45, 2.75) is 39.7 Å². The highest BCUT2D eigenvalue weighted by molar-refractivity contribution is 5.95. The largest absolute Gasteiger partial charge is 0.466 e. The highest BCUT2D eigenvalue weighted by Crippen LogP contribution is 2.31. The molecule has 2 heterocycles. The Hall–Kier alpha value is -2.34. The minimum Gasteiger partial charge on any atom is -0.466 e. The van der Waals surface area contributed by atoms with Crippen LogP contribution >= 0.6 is 0 Å². The molecule has 0 radical (unpaired) electrons. The van der Waals surface area contributed by atoms with Crippen molar-refractivity contribution in [3.05, 3.63) is 46.2 Å². The van der Waals surface area contributed by atoms with Crippen molar-refractivity contribution in [1.29, 1.82) is 0 Å². The number of likely N-dealkylation sites (tertiary alicyclic amines) is 1. The van der Waals surface area contributed by atoms with Crippen molar-refractivity contribution in [3.8, 4) is 0 Å². The number of carbonyl (C=O) groups excluding carboxylic acids is 2. The van der Waals surface area contributed by atoms with Crippen LogP contribution in [0.4, 0.5) is 4.79 Å². The number of urea groups is 1. The number of hydrogen-bond donors (Lipinski definition) is 2. The fourth-order valence-corrected chi connectivity index (χ4v) is 3.84. The number of nitrogens with zero attached hydrogens (tertiary/aromatic N) is 1. The van der Waals surface area contributed by atoms with Gasteiger partial charge in [0.05, 0.1) is 18.7 Å². The first-order valence-electron chi connectivity index (χ1n) is 9.57. The molecule has 6 nitrogen and oxygen atoms in total. The van der Waals surface area contributed by atoms with E-state index >= 15 is 0 Å². The summed E-state index contributed by atoms with van der Waals surface area (Å²) in [5.41, 5.74) is 4.17. The summed E-state index contributed by atoms with van der Waals surface area (Å²) in [6.45, 7) is 8.74. The molecule has 0 bridgehead atoms. The van der Waals surface area contributed by atoms with Crippen LogP contribution in [0.1, 0.15) is 42.5 Å². The Bertz CT molecular complexity index is 764. The van der Waals surface area contributed by atoms with Crippen LogP contribution in [0.3, 0.4) is 0 Å². The van der Waals surface area contributed by atoms with Gasteiger partial charge in [0.25, 0.3) is 0 Å². The Morgan fingerprint density at radius 1 is 1.26 bits per heavy atom. The van der Waals surface area contributed by atoms with Gasteiger partial charge in [-0.3, -0.25) is 4.90 Å². The van der Waals surface area contributed by atoms with Gasteiger partial charge in [0, 0.05) is 12.2 Å². The monoisotopic (exact) mass is 371 g/mol. The number of carbonyl (C=O) groups is 2. The summed E-state index contributed by atoms with van der Waals surface area (Å²) in [6, 6.07) is 5.27. The predicted molar refractivity (Wildman–Crippen MR) is 104 cm³/mol. The van der Waals surface area contributed by atoms with E-state index in [0.717, 1.165) is 48.5 Å². The second-order valence-corrected chi connectivity index (χ2v) is 7.73. The number of esters is 1. The molecule has 0 aliphatic carbocycles. The number of aryl methyl sites for hydroxylation is 2. The third-order valence-corrected chi connectivity index (χ3v) is 5.56. The number of rotatable bonds is 4. The summed E-state index contributed by atoms with van der Waals surface area (Å²) in [5, 5.41) is 5.77. The molecule has 2 amide bonds. The molecule has 1 saturated heterocycles. The predicted octanol–water partition coefficient (Wildman–Crippen LogP) is 2.82. The van der Waals surface area contributed by atoms with E-state index in [1.54, 1.807) is 0 Å². The second-order valence-electron chi connectivity index (χ2n) is 7.73. The molecule has 0 spiro atoms. The van der Waals surface area contributed by atoms with Gasteiger partial charge >= 0.3 is 12.0 Å². The van der Waals surface area contributed by atoms with Gasteiger partial charge in [-0.1, -0.05) is 30.7 Å². The minimum absolute atomic E-state index is 0.283. The van der Waals surface area contributed by atoms with Crippen LogP contribution in [0.15, 0.2) is 29.5 Å². The Labute approximate surface area is 161 Å². The van der Waals surface area contributed by atoms with E-state index in [9.17, 15) is 9.59 Å². The van der Waals surface area contributed by atoms with E-state index in [4.69, 9.17) is 4.74 Å². The third-order valence-electron chi connectivity index (χ3n) is 5.56. The van der Waals surface area contributed by atoms with Gasteiger partial charge in [0.15, 0.2) is 0 Å². The van der Waals surface area contributed by atoms with Crippen LogP contribution in [0.5, 0.6) is 0 Å². The molecular formula is C21H29N3O3. The zero-order valence-corrected chi connectivity index (χ0v) is 16.6. The molecule has 3 rings (SSSR count). The first kappa shape index (κ1) is 19.4. The Kier molecular flexibility index (Phi) is 5.85. The van der Waals surface area contributed by atoms with Gasteiger partial charge in [0.1, 0.15) is 0 Å². The Morgan fingerprint density at radius 2 is 1.96 bits per heavy atom. The lowest BCUT2D eigenvalue weighted by Gasteiger charge is -2.35. The number of piperidine rings is 1. The van der Waals surface area contributed by atoms with Crippen molar-refractivity contribution in [2.24, 2.45) is 5.92 Å². The zero-order valence-electron chi connectivity index (χ0n) is 16.6. The molecule has 1 aromatic rings. The maximum atomic E-state index is 12.7. The summed E-state index contributed by atoms with van der Waals surface area (Å²) in [7, 11) is 1.38. The van der Waals surface area contributed by atoms with Crippen molar-refractivity contribution < 1.29 is 14.3 Å². The van der Waals surface area contributed by atoms with Gasteiger partial charge in [0.2, 0.25) is 0 Å². The SMILES string of the molecule is COC(=O)C1=C(CN2CCC(C)CC2)NC(=O)N[C@H]1c1cc(C)ccc1C. The standard InChI is InChI=1S/C21H29N3O3/c1-13-7-9-24(10-8-13)12-17-18(20(25)27-4)19(23-21(26)22-17)16-11-14(2)5-6-15(16)3/h5-6,11,13,19H,7-10,12H2,1-4H3,(H2,22,23,26)/t19-/m0/s1. The van der Waals surface area contributed by atoms with Crippen LogP contribution in [-0.4, -0.2) is 43.6 Å². The molecule has 0 saturated carbocycles. The van der Waals surface area contributed by atoms with Crippen LogP contribution in [-0.2, 0) is 9.53 Å². The molecule has 1 fully saturated rings. The van der Waals surface area contributed by atoms with E-state index in [0.29, 0.717) is 17.8 Å². The smallest absolute Gasteiger partial charge is 0.338 e. The van der Waals surface area contributed by atoms with E-state index in [1.165, 1.54) is 7.11 Å². The van der Waals surface area contributed by atoms with Crippen molar-refractivity contribution in [2.75, 3.05) is 26.7 Å². The summed E-state index contributed by atoms with van der Waals surface area (Å²) >= 11 is 0. The van der Waals surface area contributed by atoms with Crippen LogP contribution in [0.2, 0.25) is 0 Å². The van der Waals surface area contributed by atoms with E-state index < -0.39 is 12.0 Å². The lowest BCUT2D eigenvalue weighted by atomic mass is 9.90. The topological polar surface area (TPSA) is 70.7 Å². The fraction of sp³-hybridized carbons (Fsp3) is 0.524. The quantitative estimate of drug-likeness (QED) is 0.799. The maximum Gasteiger partial charge on any atom is 0.338 e. The number of benzene rings is 1. The lowest BCUT2D eigenvalue weighted by Crippen LogP contribution is -2.49. The molecule has 0 aromatic heterocycles. The number of ether oxygens (including phenoxy) is 1. The van der Waals surface area contributed by atoms with Gasteiger partial charge in [-0.05, 0) is 56.8 Å². The number of hydrogen-bond acceptors (Lipinski definition) is 4. The molecule has 2 aliphatic heterocycles. The second kappa shape index (κ2) is 8.13. The Balaban J connectivity index is 1.99. The van der Waals surface area contributed by atoms with E-state index in [-0.39, 0.29) is 6.03 Å². The normalized spacial score (nSPS) is 21.6. The summed E-state index contributed by atoms with van der Waals surface area (Å²) in [5.74, 6) is 0.314. The van der Waals surface area contributed by atoms with E-state index in [2.05, 4.69) is 22.5 Å². The zero-order chi connectivity index (χ0) is 19.6. The summed E-state index contributed by atoms with van der Waals surface area (Å²) < 4.78 is 5.08.